The molecule has 1 aromatic heterocycles. The van der Waals surface area contributed by atoms with E-state index in [2.05, 4.69) is 15.2 Å². The zero-order valence-electron chi connectivity index (χ0n) is 18.3. The minimum Gasteiger partial charge on any atom is -0.462 e. The molecule has 12 heteroatoms. The fourth-order valence-corrected chi connectivity index (χ4v) is 3.78. The Morgan fingerprint density at radius 3 is 2.29 bits per heavy atom. The molecule has 180 valence electrons. The van der Waals surface area contributed by atoms with Gasteiger partial charge < -0.3 is 10.1 Å². The average molecular weight is 495 g/mol. The van der Waals surface area contributed by atoms with Gasteiger partial charge in [0.2, 0.25) is 0 Å². The lowest BCUT2D eigenvalue weighted by Gasteiger charge is -2.13. The number of rotatable bonds is 6. The van der Waals surface area contributed by atoms with Gasteiger partial charge in [0.15, 0.2) is 15.5 Å². The van der Waals surface area contributed by atoms with Gasteiger partial charge >= 0.3 is 12.1 Å². The summed E-state index contributed by atoms with van der Waals surface area (Å²) < 4.78 is 69.8. The fourth-order valence-electron chi connectivity index (χ4n) is 3.14. The number of ether oxygens (including phenoxy) is 1. The Morgan fingerprint density at radius 1 is 1.09 bits per heavy atom. The first-order chi connectivity index (χ1) is 15.8. The molecular weight excluding hydrogens is 475 g/mol. The Hall–Kier alpha value is -3.67. The largest absolute Gasteiger partial charge is 0.462 e. The van der Waals surface area contributed by atoms with Gasteiger partial charge in [-0.1, -0.05) is 6.07 Å². The summed E-state index contributed by atoms with van der Waals surface area (Å²) in [5.74, 6) is -1.73. The lowest BCUT2D eigenvalue weighted by Crippen LogP contribution is -2.18. The summed E-state index contributed by atoms with van der Waals surface area (Å²) >= 11 is 0. The molecular formula is C22H20F3N3O5S. The number of aromatic nitrogens is 2. The van der Waals surface area contributed by atoms with E-state index in [0.29, 0.717) is 10.2 Å². The molecule has 0 atom stereocenters. The molecule has 1 heterocycles. The van der Waals surface area contributed by atoms with Crippen molar-refractivity contribution in [3.63, 3.8) is 0 Å². The number of anilines is 1. The van der Waals surface area contributed by atoms with Crippen LogP contribution in [0, 0.1) is 6.92 Å². The van der Waals surface area contributed by atoms with Crippen molar-refractivity contribution in [1.29, 1.82) is 0 Å². The van der Waals surface area contributed by atoms with Gasteiger partial charge in [-0.25, -0.2) is 17.9 Å². The van der Waals surface area contributed by atoms with Gasteiger partial charge in [0.05, 0.1) is 23.4 Å². The van der Waals surface area contributed by atoms with Gasteiger partial charge in [0.1, 0.15) is 5.56 Å². The number of halogens is 3. The van der Waals surface area contributed by atoms with E-state index in [4.69, 9.17) is 0 Å². The van der Waals surface area contributed by atoms with Crippen molar-refractivity contribution in [3.8, 4) is 5.69 Å². The van der Waals surface area contributed by atoms with Gasteiger partial charge in [-0.15, -0.1) is 0 Å². The summed E-state index contributed by atoms with van der Waals surface area (Å²) in [7, 11) is -3.52. The Labute approximate surface area is 193 Å². The summed E-state index contributed by atoms with van der Waals surface area (Å²) in [6.45, 7) is 3.02. The van der Waals surface area contributed by atoms with Crippen LogP contribution >= 0.6 is 0 Å². The Kier molecular flexibility index (Phi) is 6.82. The molecule has 34 heavy (non-hydrogen) atoms. The van der Waals surface area contributed by atoms with Gasteiger partial charge in [0.25, 0.3) is 5.91 Å². The third-order valence-electron chi connectivity index (χ3n) is 4.78. The maximum atomic E-state index is 13.7. The van der Waals surface area contributed by atoms with Crippen molar-refractivity contribution in [2.75, 3.05) is 18.2 Å². The molecule has 0 aliphatic rings. The number of sulfone groups is 1. The summed E-state index contributed by atoms with van der Waals surface area (Å²) in [6, 6.07) is 9.43. The first-order valence-electron chi connectivity index (χ1n) is 9.87. The van der Waals surface area contributed by atoms with Crippen molar-refractivity contribution < 1.29 is 35.9 Å². The molecule has 0 aliphatic carbocycles. The number of alkyl halides is 3. The Morgan fingerprint density at radius 2 is 1.74 bits per heavy atom. The highest BCUT2D eigenvalue weighted by molar-refractivity contribution is 7.90. The number of nitrogens with zero attached hydrogens (tertiary/aromatic N) is 2. The van der Waals surface area contributed by atoms with Crippen molar-refractivity contribution >= 4 is 27.4 Å². The highest BCUT2D eigenvalue weighted by Crippen LogP contribution is 2.34. The zero-order chi connectivity index (χ0) is 25.3. The van der Waals surface area contributed by atoms with Crippen LogP contribution in [-0.4, -0.2) is 42.9 Å². The topological polar surface area (TPSA) is 107 Å². The van der Waals surface area contributed by atoms with E-state index in [1.807, 2.05) is 0 Å². The third kappa shape index (κ3) is 5.28. The van der Waals surface area contributed by atoms with Crippen LogP contribution < -0.4 is 5.32 Å². The molecule has 0 saturated heterocycles. The Bertz CT molecular complexity index is 1350. The van der Waals surface area contributed by atoms with Crippen LogP contribution in [0.25, 0.3) is 5.69 Å². The normalized spacial score (nSPS) is 11.8. The third-order valence-corrected chi connectivity index (χ3v) is 5.89. The molecule has 3 aromatic rings. The second-order valence-electron chi connectivity index (χ2n) is 7.29. The molecule has 2 aromatic carbocycles. The Balaban J connectivity index is 1.90. The molecule has 0 unspecified atom stereocenters. The highest BCUT2D eigenvalue weighted by atomic mass is 32.2. The van der Waals surface area contributed by atoms with Crippen molar-refractivity contribution in [2.45, 2.75) is 24.9 Å². The molecule has 1 N–H and O–H groups in total. The molecule has 0 radical (unpaired) electrons. The van der Waals surface area contributed by atoms with E-state index in [0.717, 1.165) is 12.5 Å². The van der Waals surface area contributed by atoms with Crippen LogP contribution in [0.1, 0.15) is 38.9 Å². The number of hydrogen-bond acceptors (Lipinski definition) is 6. The SMILES string of the molecule is CCOC(=O)c1cnn(-c2ccc(NC(=O)c3cc(S(C)(=O)=O)ccc3C)cc2)c1C(F)(F)F. The van der Waals surface area contributed by atoms with Crippen LogP contribution in [0.3, 0.4) is 0 Å². The van der Waals surface area contributed by atoms with Gasteiger partial charge in [-0.2, -0.15) is 18.3 Å². The minimum atomic E-state index is -4.88. The maximum Gasteiger partial charge on any atom is 0.434 e. The lowest BCUT2D eigenvalue weighted by atomic mass is 10.1. The van der Waals surface area contributed by atoms with Crippen molar-refractivity contribution in [1.82, 2.24) is 9.78 Å². The van der Waals surface area contributed by atoms with Crippen LogP contribution in [0.2, 0.25) is 0 Å². The number of benzene rings is 2. The van der Waals surface area contributed by atoms with Crippen molar-refractivity contribution in [2.24, 2.45) is 0 Å². The van der Waals surface area contributed by atoms with E-state index in [1.165, 1.54) is 49.4 Å². The summed E-state index contributed by atoms with van der Waals surface area (Å²) in [6.07, 6.45) is -3.07. The molecule has 0 fully saturated rings. The first-order valence-corrected chi connectivity index (χ1v) is 11.8. The monoisotopic (exact) mass is 495 g/mol. The lowest BCUT2D eigenvalue weighted by molar-refractivity contribution is -0.143. The van der Waals surface area contributed by atoms with Crippen molar-refractivity contribution in [3.05, 3.63) is 71.0 Å². The molecule has 3 rings (SSSR count). The highest BCUT2D eigenvalue weighted by Gasteiger charge is 2.41. The number of aryl methyl sites for hydroxylation is 1. The summed E-state index contributed by atoms with van der Waals surface area (Å²) in [5.41, 5.74) is -1.07. The standard InChI is InChI=1S/C22H20F3N3O5S/c1-4-33-21(30)18-12-26-28(19(18)22(23,24)25)15-8-6-14(7-9-15)27-20(29)17-11-16(34(3,31)32)10-5-13(17)2/h5-12H,4H2,1-3H3,(H,27,29). The predicted molar refractivity (Wildman–Crippen MR) is 117 cm³/mol. The number of hydrogen-bond donors (Lipinski definition) is 1. The molecule has 0 spiro atoms. The van der Waals surface area contributed by atoms with Crippen LogP contribution in [0.15, 0.2) is 53.6 Å². The summed E-state index contributed by atoms with van der Waals surface area (Å²) in [5, 5.41) is 6.27. The molecule has 0 aliphatic heterocycles. The van der Waals surface area contributed by atoms with E-state index in [-0.39, 0.29) is 28.4 Å². The van der Waals surface area contributed by atoms with Crippen LogP contribution in [-0.2, 0) is 20.8 Å². The summed E-state index contributed by atoms with van der Waals surface area (Å²) in [4.78, 5) is 24.6. The molecule has 8 nitrogen and oxygen atoms in total. The van der Waals surface area contributed by atoms with Crippen LogP contribution in [0.5, 0.6) is 0 Å². The second kappa shape index (κ2) is 9.29. The van der Waals surface area contributed by atoms with Crippen LogP contribution in [0.4, 0.5) is 18.9 Å². The maximum absolute atomic E-state index is 13.7. The van der Waals surface area contributed by atoms with E-state index >= 15 is 0 Å². The number of nitrogens with one attached hydrogen (secondary N) is 1. The van der Waals surface area contributed by atoms with Gasteiger partial charge in [-0.05, 0) is 55.8 Å². The fraction of sp³-hybridized carbons (Fsp3) is 0.227. The number of amides is 1. The first kappa shape index (κ1) is 25.0. The molecule has 1 amide bonds. The van der Waals surface area contributed by atoms with E-state index in [1.54, 1.807) is 6.92 Å². The smallest absolute Gasteiger partial charge is 0.434 e. The number of carbonyl (C=O) groups is 2. The number of esters is 1. The average Bonchev–Trinajstić information content (AvgIpc) is 3.20. The predicted octanol–water partition coefficient (Wildman–Crippen LogP) is 4.03. The van der Waals surface area contributed by atoms with Gasteiger partial charge in [-0.3, -0.25) is 4.79 Å². The number of carbonyl (C=O) groups excluding carboxylic acids is 2. The zero-order valence-corrected chi connectivity index (χ0v) is 19.1. The van der Waals surface area contributed by atoms with E-state index in [9.17, 15) is 31.2 Å². The minimum absolute atomic E-state index is 0.00359. The molecule has 0 bridgehead atoms. The van der Waals surface area contributed by atoms with E-state index < -0.39 is 39.1 Å². The molecule has 0 saturated carbocycles. The quantitative estimate of drug-likeness (QED) is 0.518. The van der Waals surface area contributed by atoms with Gasteiger partial charge in [0, 0.05) is 17.5 Å². The second-order valence-corrected chi connectivity index (χ2v) is 9.30.